The lowest BCUT2D eigenvalue weighted by Gasteiger charge is -2.15. The fraction of sp³-hybridized carbons (Fsp3) is 0.500. The van der Waals surface area contributed by atoms with Gasteiger partial charge in [-0.25, -0.2) is 17.5 Å². The van der Waals surface area contributed by atoms with Crippen molar-refractivity contribution in [3.05, 3.63) is 23.5 Å². The lowest BCUT2D eigenvalue weighted by molar-refractivity contribution is 0.0320. The molecule has 0 fully saturated rings. The maximum atomic E-state index is 13.4. The van der Waals surface area contributed by atoms with Crippen molar-refractivity contribution in [1.29, 1.82) is 0 Å². The number of halogens is 1. The molecule has 1 atom stereocenters. The van der Waals surface area contributed by atoms with Crippen molar-refractivity contribution in [3.63, 3.8) is 0 Å². The summed E-state index contributed by atoms with van der Waals surface area (Å²) in [4.78, 5) is -0.0823. The summed E-state index contributed by atoms with van der Waals surface area (Å²) < 4.78 is 49.9. The molecule has 20 heavy (non-hydrogen) atoms. The molecular weight excluding hydrogens is 287 g/mol. The van der Waals surface area contributed by atoms with Gasteiger partial charge in [-0.15, -0.1) is 0 Å². The standard InChI is InChI=1S/C12H19FN2O4S/c1-8-4-10(5-11(14)12(8)13)20(16,17)15-6-9(19-3)7-18-2/h4-5,9,15H,6-7,14H2,1-3H3. The molecule has 0 aromatic heterocycles. The van der Waals surface area contributed by atoms with E-state index in [0.717, 1.165) is 6.07 Å². The van der Waals surface area contributed by atoms with Crippen LogP contribution in [-0.4, -0.2) is 41.9 Å². The molecule has 6 nitrogen and oxygen atoms in total. The third kappa shape index (κ3) is 4.14. The topological polar surface area (TPSA) is 90.7 Å². The second-order valence-corrected chi connectivity index (χ2v) is 6.08. The number of sulfonamides is 1. The van der Waals surface area contributed by atoms with Crippen molar-refractivity contribution in [2.45, 2.75) is 17.9 Å². The van der Waals surface area contributed by atoms with Gasteiger partial charge in [-0.05, 0) is 24.6 Å². The maximum absolute atomic E-state index is 13.4. The zero-order chi connectivity index (χ0) is 15.3. The monoisotopic (exact) mass is 306 g/mol. The van der Waals surface area contributed by atoms with Crippen LogP contribution in [0.2, 0.25) is 0 Å². The smallest absolute Gasteiger partial charge is 0.240 e. The van der Waals surface area contributed by atoms with E-state index in [1.54, 1.807) is 0 Å². The zero-order valence-electron chi connectivity index (χ0n) is 11.6. The molecule has 3 N–H and O–H groups in total. The van der Waals surface area contributed by atoms with Crippen molar-refractivity contribution in [2.75, 3.05) is 33.1 Å². The first kappa shape index (κ1) is 16.8. The Hall–Kier alpha value is -1.22. The Morgan fingerprint density at radius 3 is 2.55 bits per heavy atom. The Morgan fingerprint density at radius 2 is 2.05 bits per heavy atom. The minimum absolute atomic E-state index is 0.0446. The van der Waals surface area contributed by atoms with Crippen LogP contribution in [0.15, 0.2) is 17.0 Å². The average Bonchev–Trinajstić information content (AvgIpc) is 2.40. The molecular formula is C12H19FN2O4S. The van der Waals surface area contributed by atoms with E-state index in [1.165, 1.54) is 27.2 Å². The summed E-state index contributed by atoms with van der Waals surface area (Å²) in [6, 6.07) is 2.31. The molecule has 0 aliphatic heterocycles. The van der Waals surface area contributed by atoms with E-state index in [2.05, 4.69) is 4.72 Å². The van der Waals surface area contributed by atoms with Crippen LogP contribution >= 0.6 is 0 Å². The number of nitrogens with one attached hydrogen (secondary N) is 1. The molecule has 8 heteroatoms. The first-order valence-corrected chi connectivity index (χ1v) is 7.37. The summed E-state index contributed by atoms with van der Waals surface area (Å²) in [5.41, 5.74) is 5.40. The van der Waals surface area contributed by atoms with Crippen LogP contribution in [0.1, 0.15) is 5.56 Å². The van der Waals surface area contributed by atoms with Crippen LogP contribution in [0.4, 0.5) is 10.1 Å². The Labute approximate surface area is 118 Å². The van der Waals surface area contributed by atoms with Gasteiger partial charge >= 0.3 is 0 Å². The Kier molecular flexibility index (Phi) is 5.88. The third-order valence-corrected chi connectivity index (χ3v) is 4.16. The zero-order valence-corrected chi connectivity index (χ0v) is 12.5. The van der Waals surface area contributed by atoms with Crippen molar-refractivity contribution in [3.8, 4) is 0 Å². The number of hydrogen-bond acceptors (Lipinski definition) is 5. The molecule has 114 valence electrons. The fourth-order valence-electron chi connectivity index (χ4n) is 1.60. The van der Waals surface area contributed by atoms with Gasteiger partial charge in [-0.3, -0.25) is 0 Å². The van der Waals surface area contributed by atoms with Gasteiger partial charge in [0, 0.05) is 20.8 Å². The number of ether oxygens (including phenoxy) is 2. The number of anilines is 1. The van der Waals surface area contributed by atoms with Crippen molar-refractivity contribution >= 4 is 15.7 Å². The van der Waals surface area contributed by atoms with Crippen LogP contribution in [-0.2, 0) is 19.5 Å². The highest BCUT2D eigenvalue weighted by molar-refractivity contribution is 7.89. The lowest BCUT2D eigenvalue weighted by atomic mass is 10.2. The van der Waals surface area contributed by atoms with Gasteiger partial charge in [-0.2, -0.15) is 0 Å². The highest BCUT2D eigenvalue weighted by Crippen LogP contribution is 2.20. The van der Waals surface area contributed by atoms with Gasteiger partial charge in [0.1, 0.15) is 5.82 Å². The molecule has 0 aliphatic rings. The number of methoxy groups -OCH3 is 2. The molecule has 0 aliphatic carbocycles. The quantitative estimate of drug-likeness (QED) is 0.722. The molecule has 1 aromatic rings. The molecule has 1 aromatic carbocycles. The van der Waals surface area contributed by atoms with Crippen LogP contribution in [0.5, 0.6) is 0 Å². The molecule has 0 radical (unpaired) electrons. The molecule has 0 saturated heterocycles. The van der Waals surface area contributed by atoms with E-state index in [9.17, 15) is 12.8 Å². The van der Waals surface area contributed by atoms with E-state index >= 15 is 0 Å². The summed E-state index contributed by atoms with van der Waals surface area (Å²) in [7, 11) is -0.831. The molecule has 1 rings (SSSR count). The van der Waals surface area contributed by atoms with Crippen LogP contribution in [0.25, 0.3) is 0 Å². The van der Waals surface area contributed by atoms with Gasteiger partial charge in [-0.1, -0.05) is 0 Å². The number of nitrogen functional groups attached to an aromatic ring is 1. The largest absolute Gasteiger partial charge is 0.396 e. The number of benzene rings is 1. The number of rotatable bonds is 7. The van der Waals surface area contributed by atoms with Crippen LogP contribution in [0, 0.1) is 12.7 Å². The van der Waals surface area contributed by atoms with Gasteiger partial charge in [0.15, 0.2) is 0 Å². The van der Waals surface area contributed by atoms with Gasteiger partial charge in [0.05, 0.1) is 23.3 Å². The average molecular weight is 306 g/mol. The van der Waals surface area contributed by atoms with E-state index in [4.69, 9.17) is 15.2 Å². The minimum atomic E-state index is -3.78. The van der Waals surface area contributed by atoms with Crippen molar-refractivity contribution in [1.82, 2.24) is 4.72 Å². The predicted octanol–water partition coefficient (Wildman–Crippen LogP) is 0.656. The lowest BCUT2D eigenvalue weighted by Crippen LogP contribution is -2.35. The Bertz CT molecular complexity index is 540. The number of aryl methyl sites for hydroxylation is 1. The van der Waals surface area contributed by atoms with Crippen molar-refractivity contribution in [2.24, 2.45) is 0 Å². The summed E-state index contributed by atoms with van der Waals surface area (Å²) in [6.45, 7) is 1.75. The molecule has 0 saturated carbocycles. The summed E-state index contributed by atoms with van der Waals surface area (Å²) >= 11 is 0. The van der Waals surface area contributed by atoms with E-state index in [0.29, 0.717) is 0 Å². The van der Waals surface area contributed by atoms with Crippen molar-refractivity contribution < 1.29 is 22.3 Å². The van der Waals surface area contributed by atoms with E-state index < -0.39 is 21.9 Å². The first-order chi connectivity index (χ1) is 9.31. The second-order valence-electron chi connectivity index (χ2n) is 4.31. The minimum Gasteiger partial charge on any atom is -0.396 e. The van der Waals surface area contributed by atoms with Gasteiger partial charge < -0.3 is 15.2 Å². The SMILES string of the molecule is COCC(CNS(=O)(=O)c1cc(C)c(F)c(N)c1)OC. The van der Waals surface area contributed by atoms with Gasteiger partial charge in [0.2, 0.25) is 10.0 Å². The summed E-state index contributed by atoms with van der Waals surface area (Å²) in [5.74, 6) is -0.613. The summed E-state index contributed by atoms with van der Waals surface area (Å²) in [5, 5.41) is 0. The van der Waals surface area contributed by atoms with Crippen LogP contribution < -0.4 is 10.5 Å². The summed E-state index contributed by atoms with van der Waals surface area (Å²) in [6.07, 6.45) is -0.409. The third-order valence-electron chi connectivity index (χ3n) is 2.75. The Morgan fingerprint density at radius 1 is 1.40 bits per heavy atom. The first-order valence-electron chi connectivity index (χ1n) is 5.88. The molecule has 1 unspecified atom stereocenters. The Balaban J connectivity index is 2.89. The normalized spacial score (nSPS) is 13.4. The molecule has 0 amide bonds. The predicted molar refractivity (Wildman–Crippen MR) is 73.4 cm³/mol. The van der Waals surface area contributed by atoms with E-state index in [-0.39, 0.29) is 29.3 Å². The van der Waals surface area contributed by atoms with E-state index in [1.807, 2.05) is 0 Å². The molecule has 0 spiro atoms. The number of nitrogens with two attached hydrogens (primary N) is 1. The number of hydrogen-bond donors (Lipinski definition) is 2. The highest BCUT2D eigenvalue weighted by atomic mass is 32.2. The van der Waals surface area contributed by atoms with Crippen LogP contribution in [0.3, 0.4) is 0 Å². The fourth-order valence-corrected chi connectivity index (χ4v) is 2.79. The van der Waals surface area contributed by atoms with Gasteiger partial charge in [0.25, 0.3) is 0 Å². The maximum Gasteiger partial charge on any atom is 0.240 e. The molecule has 0 bridgehead atoms. The second kappa shape index (κ2) is 6.98. The highest BCUT2D eigenvalue weighted by Gasteiger charge is 2.19. The molecule has 0 heterocycles.